The van der Waals surface area contributed by atoms with Crippen LogP contribution in [0.15, 0.2) is 42.5 Å². The monoisotopic (exact) mass is 329 g/mol. The Morgan fingerprint density at radius 2 is 2.00 bits per heavy atom. The van der Waals surface area contributed by atoms with Gasteiger partial charge in [0.1, 0.15) is 0 Å². The standard InChI is InChI=1S/C15H11N3O6/c19-8-17(11-4-5-13-14(7-11)24-9-23-13)15(20)16-10-2-1-3-12(6-10)18(21)22/h1-8H,9H2,(H,16,20). The molecule has 1 heterocycles. The van der Waals surface area contributed by atoms with E-state index in [0.29, 0.717) is 17.9 Å². The summed E-state index contributed by atoms with van der Waals surface area (Å²) in [5, 5.41) is 13.2. The largest absolute Gasteiger partial charge is 0.454 e. The minimum Gasteiger partial charge on any atom is -0.454 e. The number of amides is 3. The molecule has 0 saturated carbocycles. The number of rotatable bonds is 4. The van der Waals surface area contributed by atoms with Gasteiger partial charge in [-0.3, -0.25) is 14.9 Å². The zero-order chi connectivity index (χ0) is 17.1. The van der Waals surface area contributed by atoms with Crippen LogP contribution in [0.2, 0.25) is 0 Å². The summed E-state index contributed by atoms with van der Waals surface area (Å²) in [4.78, 5) is 34.6. The van der Waals surface area contributed by atoms with E-state index in [9.17, 15) is 19.7 Å². The number of non-ortho nitro benzene ring substituents is 1. The van der Waals surface area contributed by atoms with Crippen LogP contribution in [-0.4, -0.2) is 24.2 Å². The van der Waals surface area contributed by atoms with Crippen molar-refractivity contribution in [2.75, 3.05) is 17.0 Å². The quantitative estimate of drug-likeness (QED) is 0.524. The maximum absolute atomic E-state index is 12.3. The number of nitrogens with zero attached hydrogens (tertiary/aromatic N) is 2. The molecule has 0 radical (unpaired) electrons. The van der Waals surface area contributed by atoms with E-state index in [1.165, 1.54) is 36.4 Å². The molecule has 0 spiro atoms. The molecule has 2 aromatic carbocycles. The van der Waals surface area contributed by atoms with E-state index in [0.717, 1.165) is 4.90 Å². The third kappa shape index (κ3) is 2.95. The zero-order valence-electron chi connectivity index (χ0n) is 12.2. The Labute approximate surface area is 135 Å². The predicted octanol–water partition coefficient (Wildman–Crippen LogP) is 2.52. The van der Waals surface area contributed by atoms with E-state index in [4.69, 9.17) is 9.47 Å². The molecule has 0 saturated heterocycles. The molecule has 0 fully saturated rings. The van der Waals surface area contributed by atoms with Gasteiger partial charge in [0.2, 0.25) is 13.2 Å². The Balaban J connectivity index is 1.81. The maximum atomic E-state index is 12.3. The summed E-state index contributed by atoms with van der Waals surface area (Å²) in [6.07, 6.45) is 0.338. The summed E-state index contributed by atoms with van der Waals surface area (Å²) < 4.78 is 10.4. The van der Waals surface area contributed by atoms with Crippen LogP contribution >= 0.6 is 0 Å². The molecule has 0 bridgehead atoms. The van der Waals surface area contributed by atoms with E-state index >= 15 is 0 Å². The van der Waals surface area contributed by atoms with Gasteiger partial charge in [-0.15, -0.1) is 0 Å². The minimum atomic E-state index is -0.760. The number of nitro groups is 1. The molecule has 122 valence electrons. The van der Waals surface area contributed by atoms with E-state index in [-0.39, 0.29) is 23.9 Å². The van der Waals surface area contributed by atoms with Crippen LogP contribution in [0.3, 0.4) is 0 Å². The average Bonchev–Trinajstić information content (AvgIpc) is 3.03. The summed E-state index contributed by atoms with van der Waals surface area (Å²) >= 11 is 0. The molecule has 9 nitrogen and oxygen atoms in total. The zero-order valence-corrected chi connectivity index (χ0v) is 12.2. The lowest BCUT2D eigenvalue weighted by Gasteiger charge is -2.16. The summed E-state index contributed by atoms with van der Waals surface area (Å²) in [5.41, 5.74) is 0.299. The van der Waals surface area contributed by atoms with Gasteiger partial charge in [0.25, 0.3) is 5.69 Å². The number of hydrogen-bond acceptors (Lipinski definition) is 6. The van der Waals surface area contributed by atoms with Gasteiger partial charge >= 0.3 is 6.03 Å². The lowest BCUT2D eigenvalue weighted by Crippen LogP contribution is -2.33. The Kier molecular flexibility index (Phi) is 3.98. The number of carbonyl (C=O) groups is 2. The molecule has 0 atom stereocenters. The molecule has 2 aromatic rings. The molecule has 0 aromatic heterocycles. The summed E-state index contributed by atoms with van der Waals surface area (Å²) in [6, 6.07) is 9.23. The van der Waals surface area contributed by atoms with Crippen molar-refractivity contribution in [1.29, 1.82) is 0 Å². The number of hydrogen-bond donors (Lipinski definition) is 1. The van der Waals surface area contributed by atoms with Crippen LogP contribution in [0, 0.1) is 10.1 Å². The van der Waals surface area contributed by atoms with Crippen LogP contribution in [0.4, 0.5) is 21.9 Å². The molecule has 24 heavy (non-hydrogen) atoms. The number of urea groups is 1. The van der Waals surface area contributed by atoms with Gasteiger partial charge in [-0.25, -0.2) is 9.69 Å². The maximum Gasteiger partial charge on any atom is 0.332 e. The topological polar surface area (TPSA) is 111 Å². The Morgan fingerprint density at radius 1 is 1.21 bits per heavy atom. The third-order valence-electron chi connectivity index (χ3n) is 3.27. The minimum absolute atomic E-state index is 0.0692. The van der Waals surface area contributed by atoms with E-state index in [1.54, 1.807) is 6.07 Å². The van der Waals surface area contributed by atoms with Crippen molar-refractivity contribution in [3.63, 3.8) is 0 Å². The van der Waals surface area contributed by atoms with Crippen LogP contribution in [-0.2, 0) is 4.79 Å². The molecule has 1 aliphatic heterocycles. The van der Waals surface area contributed by atoms with E-state index < -0.39 is 11.0 Å². The number of ether oxygens (including phenoxy) is 2. The van der Waals surface area contributed by atoms with Crippen molar-refractivity contribution in [2.24, 2.45) is 0 Å². The molecular weight excluding hydrogens is 318 g/mol. The fourth-order valence-electron chi connectivity index (χ4n) is 2.14. The average molecular weight is 329 g/mol. The van der Waals surface area contributed by atoms with Gasteiger partial charge in [-0.1, -0.05) is 6.07 Å². The highest BCUT2D eigenvalue weighted by molar-refractivity contribution is 6.12. The number of nitrogens with one attached hydrogen (secondary N) is 1. The second kappa shape index (κ2) is 6.24. The second-order valence-electron chi connectivity index (χ2n) is 4.75. The molecule has 0 unspecified atom stereocenters. The second-order valence-corrected chi connectivity index (χ2v) is 4.75. The van der Waals surface area contributed by atoms with E-state index in [2.05, 4.69) is 5.32 Å². The molecule has 1 aliphatic rings. The van der Waals surface area contributed by atoms with Crippen molar-refractivity contribution < 1.29 is 24.0 Å². The number of fused-ring (bicyclic) bond motifs is 1. The van der Waals surface area contributed by atoms with Crippen molar-refractivity contribution in [2.45, 2.75) is 0 Å². The van der Waals surface area contributed by atoms with Crippen LogP contribution < -0.4 is 19.7 Å². The van der Waals surface area contributed by atoms with Gasteiger partial charge < -0.3 is 14.8 Å². The highest BCUT2D eigenvalue weighted by Gasteiger charge is 2.20. The number of benzene rings is 2. The van der Waals surface area contributed by atoms with Gasteiger partial charge in [0.15, 0.2) is 11.5 Å². The molecule has 1 N–H and O–H groups in total. The first-order valence-electron chi connectivity index (χ1n) is 6.78. The molecular formula is C15H11N3O6. The highest BCUT2D eigenvalue weighted by atomic mass is 16.7. The first kappa shape index (κ1) is 15.3. The van der Waals surface area contributed by atoms with Gasteiger partial charge in [-0.05, 0) is 18.2 Å². The number of anilines is 2. The summed E-state index contributed by atoms with van der Waals surface area (Å²) in [7, 11) is 0. The van der Waals surface area contributed by atoms with E-state index in [1.807, 2.05) is 0 Å². The summed E-state index contributed by atoms with van der Waals surface area (Å²) in [5.74, 6) is 0.936. The summed E-state index contributed by atoms with van der Waals surface area (Å²) in [6.45, 7) is 0.0692. The number of nitro benzene ring substituents is 1. The van der Waals surface area contributed by atoms with Gasteiger partial charge in [0.05, 0.1) is 10.6 Å². The van der Waals surface area contributed by atoms with Crippen molar-refractivity contribution in [3.05, 3.63) is 52.6 Å². The number of imide groups is 1. The lowest BCUT2D eigenvalue weighted by atomic mass is 10.2. The molecule has 0 aliphatic carbocycles. The number of carbonyl (C=O) groups excluding carboxylic acids is 2. The van der Waals surface area contributed by atoms with Gasteiger partial charge in [0, 0.05) is 23.9 Å². The van der Waals surface area contributed by atoms with Crippen molar-refractivity contribution in [3.8, 4) is 11.5 Å². The first-order chi connectivity index (χ1) is 11.6. The van der Waals surface area contributed by atoms with Gasteiger partial charge in [-0.2, -0.15) is 0 Å². The Hall–Kier alpha value is -3.62. The highest BCUT2D eigenvalue weighted by Crippen LogP contribution is 2.35. The smallest absolute Gasteiger partial charge is 0.332 e. The fourth-order valence-corrected chi connectivity index (χ4v) is 2.14. The van der Waals surface area contributed by atoms with Crippen molar-refractivity contribution >= 4 is 29.5 Å². The Bertz CT molecular complexity index is 823. The van der Waals surface area contributed by atoms with Crippen LogP contribution in [0.5, 0.6) is 11.5 Å². The van der Waals surface area contributed by atoms with Crippen molar-refractivity contribution in [1.82, 2.24) is 0 Å². The third-order valence-corrected chi connectivity index (χ3v) is 3.27. The first-order valence-corrected chi connectivity index (χ1v) is 6.78. The molecule has 3 rings (SSSR count). The van der Waals surface area contributed by atoms with Crippen LogP contribution in [0.25, 0.3) is 0 Å². The lowest BCUT2D eigenvalue weighted by molar-refractivity contribution is -0.384. The Morgan fingerprint density at radius 3 is 2.75 bits per heavy atom. The normalized spacial score (nSPS) is 11.7. The fraction of sp³-hybridized carbons (Fsp3) is 0.0667. The SMILES string of the molecule is O=CN(C(=O)Nc1cccc([N+](=O)[O-])c1)c1ccc2c(c1)OCO2. The molecule has 9 heteroatoms. The van der Waals surface area contributed by atoms with Crippen LogP contribution in [0.1, 0.15) is 0 Å². The predicted molar refractivity (Wildman–Crippen MR) is 83.2 cm³/mol. The molecule has 3 amide bonds.